The van der Waals surface area contributed by atoms with Crippen molar-refractivity contribution in [3.8, 4) is 11.5 Å². The summed E-state index contributed by atoms with van der Waals surface area (Å²) >= 11 is 0. The molecule has 0 radical (unpaired) electrons. The zero-order chi connectivity index (χ0) is 49.6. The van der Waals surface area contributed by atoms with Gasteiger partial charge >= 0.3 is 0 Å². The second-order valence-electron chi connectivity index (χ2n) is 19.7. The maximum absolute atomic E-state index is 10.8. The monoisotopic (exact) mass is 927 g/mol. The molecule has 0 aliphatic heterocycles. The van der Waals surface area contributed by atoms with Crippen LogP contribution in [0.4, 0.5) is 0 Å². The first-order chi connectivity index (χ1) is 31.7. The van der Waals surface area contributed by atoms with Gasteiger partial charge in [-0.2, -0.15) is 0 Å². The molecule has 0 saturated carbocycles. The Labute approximate surface area is 408 Å². The number of benzene rings is 2. The van der Waals surface area contributed by atoms with Gasteiger partial charge in [-0.05, 0) is 94.3 Å². The van der Waals surface area contributed by atoms with E-state index in [0.29, 0.717) is 24.7 Å². The highest BCUT2D eigenvalue weighted by Gasteiger charge is 2.11. The minimum absolute atomic E-state index is 0.123. The van der Waals surface area contributed by atoms with E-state index >= 15 is 0 Å². The van der Waals surface area contributed by atoms with Crippen LogP contribution in [0.3, 0.4) is 0 Å². The number of rotatable bonds is 38. The Morgan fingerprint density at radius 2 is 0.742 bits per heavy atom. The number of carbonyl (C=O) groups excluding carboxylic acids is 2. The Morgan fingerprint density at radius 3 is 1.09 bits per heavy atom. The second kappa shape index (κ2) is 45.7. The molecule has 0 bridgehead atoms. The van der Waals surface area contributed by atoms with Crippen LogP contribution in [0.15, 0.2) is 48.5 Å². The number of hydrogen-bond donors (Lipinski definition) is 0. The average molecular weight is 927 g/mol. The summed E-state index contributed by atoms with van der Waals surface area (Å²) in [4.78, 5) is 21.3. The zero-order valence-corrected chi connectivity index (χ0v) is 45.0. The van der Waals surface area contributed by atoms with Gasteiger partial charge in [0.2, 0.25) is 0 Å². The van der Waals surface area contributed by atoms with Crippen LogP contribution in [0, 0.1) is 0 Å². The van der Waals surface area contributed by atoms with E-state index in [4.69, 9.17) is 9.47 Å². The van der Waals surface area contributed by atoms with Gasteiger partial charge in [0.25, 0.3) is 0 Å². The molecule has 0 aliphatic rings. The summed E-state index contributed by atoms with van der Waals surface area (Å²) in [6.45, 7) is 19.9. The fraction of sp³-hybridized carbons (Fsp3) is 0.759. The zero-order valence-electron chi connectivity index (χ0n) is 45.0. The minimum atomic E-state index is -1.19. The van der Waals surface area contributed by atoms with Gasteiger partial charge in [0.05, 0.1) is 79.5 Å². The summed E-state index contributed by atoms with van der Waals surface area (Å²) in [5, 5.41) is 21.3. The largest absolute Gasteiger partial charge is 0.545 e. The Bertz CT molecular complexity index is 1330. The van der Waals surface area contributed by atoms with Crippen molar-refractivity contribution in [2.45, 2.75) is 221 Å². The maximum atomic E-state index is 10.8. The van der Waals surface area contributed by atoms with E-state index in [1.165, 1.54) is 214 Å². The molecule has 8 nitrogen and oxygen atoms in total. The van der Waals surface area contributed by atoms with Crippen LogP contribution in [0.5, 0.6) is 11.5 Å². The molecule has 0 unspecified atom stereocenters. The van der Waals surface area contributed by atoms with Gasteiger partial charge in [0.15, 0.2) is 0 Å². The Kier molecular flexibility index (Phi) is 45.0. The molecule has 2 aromatic carbocycles. The number of aromatic carboxylic acids is 2. The van der Waals surface area contributed by atoms with Crippen molar-refractivity contribution < 1.29 is 38.2 Å². The van der Waals surface area contributed by atoms with Crippen molar-refractivity contribution in [3.63, 3.8) is 0 Å². The van der Waals surface area contributed by atoms with Gasteiger partial charge < -0.3 is 38.2 Å². The van der Waals surface area contributed by atoms with E-state index in [2.05, 4.69) is 69.7 Å². The highest BCUT2D eigenvalue weighted by Crippen LogP contribution is 2.18. The molecule has 0 N–H and O–H groups in total. The molecule has 66 heavy (non-hydrogen) atoms. The van der Waals surface area contributed by atoms with Gasteiger partial charge in [0.1, 0.15) is 11.5 Å². The topological polar surface area (TPSA) is 98.7 Å². The second-order valence-corrected chi connectivity index (χ2v) is 19.7. The summed E-state index contributed by atoms with van der Waals surface area (Å²) in [6.07, 6.45) is 38.0. The van der Waals surface area contributed by atoms with Crippen molar-refractivity contribution in [3.05, 3.63) is 59.7 Å². The van der Waals surface area contributed by atoms with Gasteiger partial charge in [-0.1, -0.05) is 181 Å². The molecule has 0 aliphatic carbocycles. The van der Waals surface area contributed by atoms with Crippen LogP contribution in [0.1, 0.15) is 242 Å². The van der Waals surface area contributed by atoms with Gasteiger partial charge in [-0.25, -0.2) is 0 Å². The Balaban J connectivity index is 0. The number of unbranched alkanes of at least 4 members (excludes halogenated alkanes) is 24. The lowest BCUT2D eigenvalue weighted by atomic mass is 10.1. The van der Waals surface area contributed by atoms with Crippen molar-refractivity contribution >= 4 is 11.9 Å². The number of carbonyl (C=O) groups is 2. The fourth-order valence-corrected chi connectivity index (χ4v) is 7.25. The molecule has 384 valence electrons. The van der Waals surface area contributed by atoms with Crippen LogP contribution < -0.4 is 19.7 Å². The van der Waals surface area contributed by atoms with Crippen LogP contribution in [0.25, 0.3) is 0 Å². The number of para-hydroxylation sites is 1. The molecule has 0 fully saturated rings. The predicted octanol–water partition coefficient (Wildman–Crippen LogP) is 14.0. The van der Waals surface area contributed by atoms with Crippen LogP contribution >= 0.6 is 0 Å². The number of ether oxygens (including phenoxy) is 2. The van der Waals surface area contributed by atoms with Crippen LogP contribution in [-0.4, -0.2) is 88.5 Å². The molecule has 8 heteroatoms. The molecule has 0 amide bonds. The lowest BCUT2D eigenvalue weighted by Gasteiger charge is -2.28. The van der Waals surface area contributed by atoms with Crippen molar-refractivity contribution in [2.24, 2.45) is 0 Å². The Hall–Kier alpha value is -3.10. The summed E-state index contributed by atoms with van der Waals surface area (Å²) in [5.41, 5.74) is 0.302. The highest BCUT2D eigenvalue weighted by atomic mass is 16.5. The van der Waals surface area contributed by atoms with Gasteiger partial charge in [-0.3, -0.25) is 0 Å². The normalized spacial score (nSPS) is 11.1. The number of quaternary nitrogens is 2. The first-order valence-electron chi connectivity index (χ1n) is 27.2. The minimum Gasteiger partial charge on any atom is -0.545 e. The quantitative estimate of drug-likeness (QED) is 0.0491. The maximum Gasteiger partial charge on any atom is 0.128 e. The molecule has 0 atom stereocenters. The molecule has 2 aromatic rings. The average Bonchev–Trinajstić information content (AvgIpc) is 3.31. The number of hydrogen-bond acceptors (Lipinski definition) is 6. The van der Waals surface area contributed by atoms with E-state index in [1.54, 1.807) is 30.3 Å². The number of carboxylic acid groups (broad SMARTS) is 2. The SMILES string of the molecule is CCCCCCCCCCCC[N+](C)(C)CC.CCCCCCCCCCCC[N+](C)(C)CC.CCCCCCOc1ccc(C(=O)[O-])cc1.CCCCCCOc1ccccc1C(=O)[O-]. The van der Waals surface area contributed by atoms with Crippen LogP contribution in [0.2, 0.25) is 0 Å². The van der Waals surface area contributed by atoms with E-state index in [9.17, 15) is 19.8 Å². The smallest absolute Gasteiger partial charge is 0.128 e. The lowest BCUT2D eigenvalue weighted by molar-refractivity contribution is -0.888. The summed E-state index contributed by atoms with van der Waals surface area (Å²) < 4.78 is 13.3. The first-order valence-corrected chi connectivity index (χ1v) is 27.2. The van der Waals surface area contributed by atoms with Crippen molar-refractivity contribution in [1.29, 1.82) is 0 Å². The van der Waals surface area contributed by atoms with Gasteiger partial charge in [-0.15, -0.1) is 0 Å². The molecule has 0 spiro atoms. The number of nitrogens with zero attached hydrogens (tertiary/aromatic N) is 2. The predicted molar refractivity (Wildman–Crippen MR) is 280 cm³/mol. The Morgan fingerprint density at radius 1 is 0.409 bits per heavy atom. The number of carboxylic acids is 2. The standard InChI is InChI=1S/2C16H36N.2C13H18O3/c2*1-5-7-8-9-10-11-12-13-14-15-16-17(3,4)6-2;1-2-3-4-7-10-16-12-9-6-5-8-11(12)13(14)15;1-2-3-4-5-10-16-12-8-6-11(7-9-12)13(14)15/h2*5-16H2,1-4H3;5-6,8-9H,2-4,7,10H2,1H3,(H,14,15);6-9H,2-5,10H2,1H3,(H,14,15)/q2*+1;;/p-2. The highest BCUT2D eigenvalue weighted by molar-refractivity contribution is 5.89. The van der Waals surface area contributed by atoms with Crippen LogP contribution in [-0.2, 0) is 0 Å². The third-order valence-electron chi connectivity index (χ3n) is 12.7. The third kappa shape index (κ3) is 42.3. The van der Waals surface area contributed by atoms with Crippen molar-refractivity contribution in [1.82, 2.24) is 0 Å². The summed E-state index contributed by atoms with van der Waals surface area (Å²) in [7, 11) is 9.36. The molecule has 0 heterocycles. The molecule has 0 saturated heterocycles. The summed E-state index contributed by atoms with van der Waals surface area (Å²) in [6, 6.07) is 12.9. The van der Waals surface area contributed by atoms with E-state index in [1.807, 2.05) is 0 Å². The molecule has 2 rings (SSSR count). The third-order valence-corrected chi connectivity index (χ3v) is 12.7. The first kappa shape index (κ1) is 65.0. The summed E-state index contributed by atoms with van der Waals surface area (Å²) in [5.74, 6) is -1.24. The van der Waals surface area contributed by atoms with Gasteiger partial charge in [0, 0.05) is 5.56 Å². The van der Waals surface area contributed by atoms with E-state index < -0.39 is 11.9 Å². The lowest BCUT2D eigenvalue weighted by Crippen LogP contribution is -2.39. The van der Waals surface area contributed by atoms with Crippen molar-refractivity contribution in [2.75, 3.05) is 67.6 Å². The van der Waals surface area contributed by atoms with E-state index in [0.717, 1.165) is 19.3 Å². The molecular formula is C58H106N2O6. The molecular weight excluding hydrogens is 821 g/mol. The fourth-order valence-electron chi connectivity index (χ4n) is 7.25. The van der Waals surface area contributed by atoms with E-state index in [-0.39, 0.29) is 11.1 Å². The molecule has 0 aromatic heterocycles.